The van der Waals surface area contributed by atoms with Crippen LogP contribution in [0.25, 0.3) is 0 Å². The third-order valence-electron chi connectivity index (χ3n) is 6.41. The lowest BCUT2D eigenvalue weighted by Crippen LogP contribution is -2.53. The highest BCUT2D eigenvalue weighted by molar-refractivity contribution is 6.30. The van der Waals surface area contributed by atoms with Gasteiger partial charge in [-0.2, -0.15) is 0 Å². The minimum absolute atomic E-state index is 0.0111. The first-order valence-corrected chi connectivity index (χ1v) is 13.3. The van der Waals surface area contributed by atoms with E-state index in [0.29, 0.717) is 17.2 Å². The molecular formula is C31H37ClN2O3. The molecule has 1 N–H and O–H groups in total. The Morgan fingerprint density at radius 2 is 1.59 bits per heavy atom. The number of carbonyl (C=O) groups is 2. The molecule has 0 bridgehead atoms. The summed E-state index contributed by atoms with van der Waals surface area (Å²) in [5.41, 5.74) is 2.85. The summed E-state index contributed by atoms with van der Waals surface area (Å²) < 4.78 is 6.04. The van der Waals surface area contributed by atoms with Gasteiger partial charge in [-0.15, -0.1) is 0 Å². The quantitative estimate of drug-likeness (QED) is 0.301. The van der Waals surface area contributed by atoms with E-state index in [-0.39, 0.29) is 36.9 Å². The van der Waals surface area contributed by atoms with Gasteiger partial charge in [0.05, 0.1) is 0 Å². The highest BCUT2D eigenvalue weighted by atomic mass is 35.5. The fourth-order valence-corrected chi connectivity index (χ4v) is 4.35. The lowest BCUT2D eigenvalue weighted by atomic mass is 10.0. The molecule has 196 valence electrons. The standard InChI is InChI=1S/C31H37ClN2O3/c1-5-23(4)33-31(36)28(19-24-12-7-6-8-13-24)34(20-25-14-11-15-26(32)18-25)30(35)21-37-29-17-10-9-16-27(29)22(2)3/h6-18,22-23,28H,5,19-21H2,1-4H3,(H,33,36)/t23-,28+/m1/s1. The maximum Gasteiger partial charge on any atom is 0.261 e. The molecule has 0 saturated carbocycles. The first kappa shape index (κ1) is 28.3. The third kappa shape index (κ3) is 8.36. The molecule has 0 saturated heterocycles. The average Bonchev–Trinajstić information content (AvgIpc) is 2.89. The molecule has 0 unspecified atom stereocenters. The van der Waals surface area contributed by atoms with Crippen molar-refractivity contribution in [3.8, 4) is 5.75 Å². The monoisotopic (exact) mass is 520 g/mol. The number of hydrogen-bond acceptors (Lipinski definition) is 3. The summed E-state index contributed by atoms with van der Waals surface area (Å²) in [6, 6.07) is 24.1. The van der Waals surface area contributed by atoms with Gasteiger partial charge < -0.3 is 15.0 Å². The van der Waals surface area contributed by atoms with Crippen molar-refractivity contribution in [1.29, 1.82) is 0 Å². The minimum Gasteiger partial charge on any atom is -0.483 e. The van der Waals surface area contributed by atoms with Gasteiger partial charge >= 0.3 is 0 Å². The van der Waals surface area contributed by atoms with Crippen molar-refractivity contribution < 1.29 is 14.3 Å². The second-order valence-electron chi connectivity index (χ2n) is 9.66. The van der Waals surface area contributed by atoms with E-state index in [9.17, 15) is 9.59 Å². The third-order valence-corrected chi connectivity index (χ3v) is 6.64. The molecule has 0 heterocycles. The van der Waals surface area contributed by atoms with Gasteiger partial charge in [-0.1, -0.05) is 93.0 Å². The molecule has 3 aromatic carbocycles. The van der Waals surface area contributed by atoms with Crippen LogP contribution in [0.3, 0.4) is 0 Å². The fraction of sp³-hybridized carbons (Fsp3) is 0.355. The molecule has 6 heteroatoms. The van der Waals surface area contributed by atoms with Crippen LogP contribution >= 0.6 is 11.6 Å². The Labute approximate surface area is 225 Å². The van der Waals surface area contributed by atoms with Crippen molar-refractivity contribution in [1.82, 2.24) is 10.2 Å². The zero-order valence-electron chi connectivity index (χ0n) is 22.1. The van der Waals surface area contributed by atoms with Crippen LogP contribution in [0.4, 0.5) is 0 Å². The Bertz CT molecular complexity index is 1170. The number of nitrogens with one attached hydrogen (secondary N) is 1. The van der Waals surface area contributed by atoms with Gasteiger partial charge in [0.1, 0.15) is 11.8 Å². The maximum absolute atomic E-state index is 13.8. The lowest BCUT2D eigenvalue weighted by Gasteiger charge is -2.32. The summed E-state index contributed by atoms with van der Waals surface area (Å²) >= 11 is 6.25. The van der Waals surface area contributed by atoms with Crippen LogP contribution in [-0.2, 0) is 22.6 Å². The number of hydrogen-bond donors (Lipinski definition) is 1. The number of amides is 2. The summed E-state index contributed by atoms with van der Waals surface area (Å²) in [7, 11) is 0. The van der Waals surface area contributed by atoms with E-state index in [1.165, 1.54) is 0 Å². The second-order valence-corrected chi connectivity index (χ2v) is 10.1. The van der Waals surface area contributed by atoms with Gasteiger partial charge in [0.25, 0.3) is 5.91 Å². The summed E-state index contributed by atoms with van der Waals surface area (Å²) in [6.45, 7) is 8.22. The minimum atomic E-state index is -0.716. The molecule has 0 fully saturated rings. The summed E-state index contributed by atoms with van der Waals surface area (Å²) in [5.74, 6) is 0.480. The molecule has 0 aromatic heterocycles. The maximum atomic E-state index is 13.8. The number of carbonyl (C=O) groups excluding carboxylic acids is 2. The largest absolute Gasteiger partial charge is 0.483 e. The molecule has 2 amide bonds. The van der Waals surface area contributed by atoms with E-state index in [4.69, 9.17) is 16.3 Å². The first-order valence-electron chi connectivity index (χ1n) is 12.9. The number of benzene rings is 3. The van der Waals surface area contributed by atoms with Crippen LogP contribution in [0.2, 0.25) is 5.02 Å². The summed E-state index contributed by atoms with van der Waals surface area (Å²) in [5, 5.41) is 3.66. The van der Waals surface area contributed by atoms with Crippen LogP contribution in [0.15, 0.2) is 78.9 Å². The van der Waals surface area contributed by atoms with Crippen LogP contribution in [-0.4, -0.2) is 35.4 Å². The highest BCUT2D eigenvalue weighted by Gasteiger charge is 2.31. The van der Waals surface area contributed by atoms with E-state index >= 15 is 0 Å². The second kappa shape index (κ2) is 13.8. The lowest BCUT2D eigenvalue weighted by molar-refractivity contribution is -0.143. The van der Waals surface area contributed by atoms with Crippen LogP contribution < -0.4 is 10.1 Å². The molecule has 0 radical (unpaired) electrons. The molecule has 0 spiro atoms. The van der Waals surface area contributed by atoms with E-state index in [1.807, 2.05) is 86.6 Å². The Hall–Kier alpha value is -3.31. The zero-order valence-corrected chi connectivity index (χ0v) is 22.9. The molecule has 3 aromatic rings. The Kier molecular flexibility index (Phi) is 10.6. The molecule has 0 aliphatic carbocycles. The van der Waals surface area contributed by atoms with Crippen LogP contribution in [0, 0.1) is 0 Å². The van der Waals surface area contributed by atoms with E-state index in [2.05, 4.69) is 19.2 Å². The van der Waals surface area contributed by atoms with Gasteiger partial charge in [-0.05, 0) is 54.2 Å². The summed E-state index contributed by atoms with van der Waals surface area (Å²) in [4.78, 5) is 29.0. The molecule has 0 aliphatic heterocycles. The topological polar surface area (TPSA) is 58.6 Å². The summed E-state index contributed by atoms with van der Waals surface area (Å²) in [6.07, 6.45) is 1.18. The molecule has 37 heavy (non-hydrogen) atoms. The van der Waals surface area contributed by atoms with Gasteiger partial charge in [-0.3, -0.25) is 9.59 Å². The Morgan fingerprint density at radius 3 is 2.27 bits per heavy atom. The average molecular weight is 521 g/mol. The van der Waals surface area contributed by atoms with Crippen molar-refractivity contribution in [3.63, 3.8) is 0 Å². The predicted molar refractivity (Wildman–Crippen MR) is 150 cm³/mol. The molecule has 2 atom stereocenters. The molecule has 5 nitrogen and oxygen atoms in total. The SMILES string of the molecule is CC[C@@H](C)NC(=O)[C@H](Cc1ccccc1)N(Cc1cccc(Cl)c1)C(=O)COc1ccccc1C(C)C. The number of halogens is 1. The first-order chi connectivity index (χ1) is 17.8. The van der Waals surface area contributed by atoms with Crippen molar-refractivity contribution in [2.45, 2.75) is 65.1 Å². The Morgan fingerprint density at radius 1 is 0.919 bits per heavy atom. The van der Waals surface area contributed by atoms with Crippen molar-refractivity contribution in [2.75, 3.05) is 6.61 Å². The molecule has 3 rings (SSSR count). The zero-order chi connectivity index (χ0) is 26.8. The normalized spacial score (nSPS) is 12.6. The van der Waals surface area contributed by atoms with E-state index in [0.717, 1.165) is 23.1 Å². The van der Waals surface area contributed by atoms with Crippen molar-refractivity contribution >= 4 is 23.4 Å². The number of nitrogens with zero attached hydrogens (tertiary/aromatic N) is 1. The number of rotatable bonds is 12. The van der Waals surface area contributed by atoms with Gasteiger partial charge in [0, 0.05) is 24.0 Å². The van der Waals surface area contributed by atoms with E-state index in [1.54, 1.807) is 11.0 Å². The van der Waals surface area contributed by atoms with E-state index < -0.39 is 6.04 Å². The molecule has 0 aliphatic rings. The highest BCUT2D eigenvalue weighted by Crippen LogP contribution is 2.26. The van der Waals surface area contributed by atoms with Crippen LogP contribution in [0.5, 0.6) is 5.75 Å². The Balaban J connectivity index is 1.94. The van der Waals surface area contributed by atoms with Crippen molar-refractivity contribution in [3.05, 3.63) is 101 Å². The number of para-hydroxylation sites is 1. The fourth-order valence-electron chi connectivity index (χ4n) is 4.14. The predicted octanol–water partition coefficient (Wildman–Crippen LogP) is 6.40. The smallest absolute Gasteiger partial charge is 0.261 e. The number of ether oxygens (including phenoxy) is 1. The molecular weight excluding hydrogens is 484 g/mol. The van der Waals surface area contributed by atoms with Gasteiger partial charge in [0.2, 0.25) is 5.91 Å². The van der Waals surface area contributed by atoms with Crippen molar-refractivity contribution in [2.24, 2.45) is 0 Å². The van der Waals surface area contributed by atoms with Gasteiger partial charge in [-0.25, -0.2) is 0 Å². The van der Waals surface area contributed by atoms with Crippen LogP contribution in [0.1, 0.15) is 56.7 Å². The van der Waals surface area contributed by atoms with Gasteiger partial charge in [0.15, 0.2) is 6.61 Å².